The van der Waals surface area contributed by atoms with Gasteiger partial charge in [0.15, 0.2) is 5.82 Å². The SMILES string of the molecule is COc1ccc2nccc(Sc3ccc(Nc4nnc(-c5ccccc5)c5ccccc45)cc3)c2c1. The zero-order valence-electron chi connectivity index (χ0n) is 19.6. The Labute approximate surface area is 213 Å². The van der Waals surface area contributed by atoms with E-state index in [1.807, 2.05) is 60.8 Å². The van der Waals surface area contributed by atoms with Gasteiger partial charge in [0, 0.05) is 43.4 Å². The lowest BCUT2D eigenvalue weighted by molar-refractivity contribution is 0.415. The number of ether oxygens (including phenoxy) is 1. The van der Waals surface area contributed by atoms with Crippen LogP contribution in [0, 0.1) is 0 Å². The summed E-state index contributed by atoms with van der Waals surface area (Å²) in [6, 6.07) is 34.7. The fourth-order valence-corrected chi connectivity index (χ4v) is 5.12. The van der Waals surface area contributed by atoms with Crippen LogP contribution in [-0.2, 0) is 0 Å². The molecule has 0 unspecified atom stereocenters. The summed E-state index contributed by atoms with van der Waals surface area (Å²) in [5, 5.41) is 15.7. The summed E-state index contributed by atoms with van der Waals surface area (Å²) in [5.74, 6) is 1.56. The molecule has 0 spiro atoms. The molecule has 6 aromatic rings. The number of anilines is 2. The Bertz CT molecular complexity index is 1670. The maximum atomic E-state index is 5.41. The fourth-order valence-electron chi connectivity index (χ4n) is 4.19. The van der Waals surface area contributed by atoms with E-state index in [-0.39, 0.29) is 0 Å². The topological polar surface area (TPSA) is 59.9 Å². The van der Waals surface area contributed by atoms with Crippen molar-refractivity contribution < 1.29 is 4.74 Å². The van der Waals surface area contributed by atoms with Crippen LogP contribution < -0.4 is 10.1 Å². The highest BCUT2D eigenvalue weighted by atomic mass is 32.2. The number of aromatic nitrogens is 3. The number of rotatable bonds is 6. The van der Waals surface area contributed by atoms with E-state index in [1.165, 1.54) is 0 Å². The quantitative estimate of drug-likeness (QED) is 0.260. The van der Waals surface area contributed by atoms with Crippen molar-refractivity contribution in [2.45, 2.75) is 9.79 Å². The molecule has 6 rings (SSSR count). The van der Waals surface area contributed by atoms with Crippen molar-refractivity contribution in [3.63, 3.8) is 0 Å². The van der Waals surface area contributed by atoms with Gasteiger partial charge in [-0.15, -0.1) is 10.2 Å². The molecule has 0 atom stereocenters. The van der Waals surface area contributed by atoms with Crippen LogP contribution in [0.5, 0.6) is 5.75 Å². The summed E-state index contributed by atoms with van der Waals surface area (Å²) in [7, 11) is 1.68. The highest BCUT2D eigenvalue weighted by molar-refractivity contribution is 7.99. The molecule has 2 aromatic heterocycles. The molecule has 36 heavy (non-hydrogen) atoms. The van der Waals surface area contributed by atoms with E-state index in [4.69, 9.17) is 4.74 Å². The molecule has 4 aromatic carbocycles. The molecule has 0 radical (unpaired) electrons. The number of fused-ring (bicyclic) bond motifs is 2. The molecule has 2 heterocycles. The van der Waals surface area contributed by atoms with Gasteiger partial charge in [-0.1, -0.05) is 66.4 Å². The van der Waals surface area contributed by atoms with Gasteiger partial charge in [-0.05, 0) is 48.5 Å². The summed E-state index contributed by atoms with van der Waals surface area (Å²) >= 11 is 1.70. The maximum Gasteiger partial charge on any atom is 0.161 e. The number of hydrogen-bond donors (Lipinski definition) is 1. The Morgan fingerprint density at radius 1 is 0.722 bits per heavy atom. The van der Waals surface area contributed by atoms with Crippen molar-refractivity contribution in [1.82, 2.24) is 15.2 Å². The lowest BCUT2D eigenvalue weighted by Gasteiger charge is -2.12. The van der Waals surface area contributed by atoms with Crippen LogP contribution in [0.15, 0.2) is 119 Å². The van der Waals surface area contributed by atoms with Crippen LogP contribution in [0.25, 0.3) is 32.9 Å². The molecule has 1 N–H and O–H groups in total. The van der Waals surface area contributed by atoms with E-state index >= 15 is 0 Å². The van der Waals surface area contributed by atoms with Crippen LogP contribution in [0.2, 0.25) is 0 Å². The van der Waals surface area contributed by atoms with Crippen molar-refractivity contribution in [2.24, 2.45) is 0 Å². The van der Waals surface area contributed by atoms with Gasteiger partial charge < -0.3 is 10.1 Å². The van der Waals surface area contributed by atoms with Crippen LogP contribution >= 0.6 is 11.8 Å². The molecule has 174 valence electrons. The molecule has 0 fully saturated rings. The Morgan fingerprint density at radius 2 is 1.50 bits per heavy atom. The predicted octanol–water partition coefficient (Wildman–Crippen LogP) is 7.75. The first-order chi connectivity index (χ1) is 17.8. The first-order valence-corrected chi connectivity index (χ1v) is 12.4. The lowest BCUT2D eigenvalue weighted by atomic mass is 10.0. The Balaban J connectivity index is 1.27. The van der Waals surface area contributed by atoms with Crippen LogP contribution in [0.4, 0.5) is 11.5 Å². The molecule has 0 aliphatic heterocycles. The van der Waals surface area contributed by atoms with Crippen LogP contribution in [0.3, 0.4) is 0 Å². The number of nitrogens with zero attached hydrogens (tertiary/aromatic N) is 3. The highest BCUT2D eigenvalue weighted by Gasteiger charge is 2.11. The number of methoxy groups -OCH3 is 1. The zero-order chi connectivity index (χ0) is 24.3. The van der Waals surface area contributed by atoms with Crippen molar-refractivity contribution in [1.29, 1.82) is 0 Å². The second-order valence-corrected chi connectivity index (χ2v) is 9.37. The van der Waals surface area contributed by atoms with Crippen LogP contribution in [0.1, 0.15) is 0 Å². The summed E-state index contributed by atoms with van der Waals surface area (Å²) in [6.07, 6.45) is 1.84. The summed E-state index contributed by atoms with van der Waals surface area (Å²) < 4.78 is 5.41. The fraction of sp³-hybridized carbons (Fsp3) is 0.0333. The van der Waals surface area contributed by atoms with E-state index in [9.17, 15) is 0 Å². The van der Waals surface area contributed by atoms with Gasteiger partial charge in [-0.2, -0.15) is 0 Å². The Hall–Kier alpha value is -4.42. The van der Waals surface area contributed by atoms with E-state index < -0.39 is 0 Å². The normalized spacial score (nSPS) is 11.0. The molecule has 0 saturated carbocycles. The number of pyridine rings is 1. The first-order valence-electron chi connectivity index (χ1n) is 11.6. The molecule has 0 aliphatic rings. The van der Waals surface area contributed by atoms with Gasteiger partial charge >= 0.3 is 0 Å². The summed E-state index contributed by atoms with van der Waals surface area (Å²) in [4.78, 5) is 6.74. The number of nitrogens with one attached hydrogen (secondary N) is 1. The monoisotopic (exact) mass is 486 g/mol. The average Bonchev–Trinajstić information content (AvgIpc) is 2.94. The van der Waals surface area contributed by atoms with E-state index in [0.717, 1.165) is 60.0 Å². The lowest BCUT2D eigenvalue weighted by Crippen LogP contribution is -1.99. The third-order valence-corrected chi connectivity index (χ3v) is 7.07. The highest BCUT2D eigenvalue weighted by Crippen LogP contribution is 2.36. The zero-order valence-corrected chi connectivity index (χ0v) is 20.4. The molecule has 0 aliphatic carbocycles. The minimum atomic E-state index is 0.734. The van der Waals surface area contributed by atoms with Crippen molar-refractivity contribution >= 4 is 44.9 Å². The summed E-state index contributed by atoms with van der Waals surface area (Å²) in [5.41, 5.74) is 3.83. The molecule has 0 bridgehead atoms. The molecule has 5 nitrogen and oxygen atoms in total. The van der Waals surface area contributed by atoms with E-state index in [2.05, 4.69) is 69.0 Å². The predicted molar refractivity (Wildman–Crippen MR) is 147 cm³/mol. The van der Waals surface area contributed by atoms with Gasteiger partial charge in [0.2, 0.25) is 0 Å². The van der Waals surface area contributed by atoms with Gasteiger partial charge in [-0.25, -0.2) is 0 Å². The average molecular weight is 487 g/mol. The molecule has 0 saturated heterocycles. The molecular formula is C30H22N4OS. The number of benzene rings is 4. The maximum absolute atomic E-state index is 5.41. The summed E-state index contributed by atoms with van der Waals surface area (Å²) in [6.45, 7) is 0. The van der Waals surface area contributed by atoms with Gasteiger partial charge in [0.25, 0.3) is 0 Å². The second kappa shape index (κ2) is 9.68. The standard InChI is InChI=1S/C30H22N4OS/c1-35-22-13-16-27-26(19-22)28(17-18-31-27)36-23-14-11-21(12-15-23)32-30-25-10-6-5-9-24(25)29(33-34-30)20-7-3-2-4-8-20/h2-19H,1H3,(H,32,34). The Kier molecular flexibility index (Phi) is 5.93. The van der Waals surface area contributed by atoms with Crippen molar-refractivity contribution in [2.75, 3.05) is 12.4 Å². The minimum Gasteiger partial charge on any atom is -0.497 e. The molecule has 6 heteroatoms. The van der Waals surface area contributed by atoms with E-state index in [0.29, 0.717) is 0 Å². The first kappa shape index (κ1) is 22.1. The van der Waals surface area contributed by atoms with E-state index in [1.54, 1.807) is 18.9 Å². The van der Waals surface area contributed by atoms with Crippen molar-refractivity contribution in [3.05, 3.63) is 109 Å². The molecule has 0 amide bonds. The smallest absolute Gasteiger partial charge is 0.161 e. The largest absolute Gasteiger partial charge is 0.497 e. The van der Waals surface area contributed by atoms with Crippen LogP contribution in [-0.4, -0.2) is 22.3 Å². The van der Waals surface area contributed by atoms with Crippen molar-refractivity contribution in [3.8, 4) is 17.0 Å². The third kappa shape index (κ3) is 4.34. The minimum absolute atomic E-state index is 0.734. The third-order valence-electron chi connectivity index (χ3n) is 5.99. The molecular weight excluding hydrogens is 464 g/mol. The second-order valence-electron chi connectivity index (χ2n) is 8.25. The number of hydrogen-bond acceptors (Lipinski definition) is 6. The van der Waals surface area contributed by atoms with Gasteiger partial charge in [-0.3, -0.25) is 4.98 Å². The van der Waals surface area contributed by atoms with Gasteiger partial charge in [0.1, 0.15) is 11.4 Å². The Morgan fingerprint density at radius 3 is 2.31 bits per heavy atom. The van der Waals surface area contributed by atoms with Gasteiger partial charge in [0.05, 0.1) is 12.6 Å².